The predicted octanol–water partition coefficient (Wildman–Crippen LogP) is 2.96. The molecule has 0 atom stereocenters. The molecule has 2 aromatic heterocycles. The second kappa shape index (κ2) is 8.99. The molecule has 0 spiro atoms. The highest BCUT2D eigenvalue weighted by Crippen LogP contribution is 2.27. The Labute approximate surface area is 166 Å². The summed E-state index contributed by atoms with van der Waals surface area (Å²) in [7, 11) is 1.54. The van der Waals surface area contributed by atoms with Gasteiger partial charge in [-0.2, -0.15) is 0 Å². The summed E-state index contributed by atoms with van der Waals surface area (Å²) in [5.74, 6) is 0.284. The Kier molecular flexibility index (Phi) is 6.43. The molecule has 2 heterocycles. The number of aromatic nitrogens is 2. The second-order valence-corrected chi connectivity index (χ2v) is 7.27. The number of benzene rings is 1. The highest BCUT2D eigenvalue weighted by atomic mass is 32.1. The minimum Gasteiger partial charge on any atom is -0.492 e. The molecule has 3 rings (SSSR count). The number of hydrogen-bond donors (Lipinski definition) is 0. The Hall–Kier alpha value is -2.71. The molecular weight excluding hydrogens is 380 g/mol. The summed E-state index contributed by atoms with van der Waals surface area (Å²) < 4.78 is 17.2. The van der Waals surface area contributed by atoms with Gasteiger partial charge in [0.05, 0.1) is 24.9 Å². The lowest BCUT2D eigenvalue weighted by Crippen LogP contribution is -2.23. The van der Waals surface area contributed by atoms with E-state index in [1.54, 1.807) is 6.92 Å². The van der Waals surface area contributed by atoms with E-state index < -0.39 is 5.97 Å². The Morgan fingerprint density at radius 3 is 2.61 bits per heavy atom. The average Bonchev–Trinajstić information content (AvgIpc) is 3.02. The normalized spacial score (nSPS) is 11.0. The number of ether oxygens (including phenoxy) is 3. The highest BCUT2D eigenvalue weighted by Gasteiger charge is 2.20. The van der Waals surface area contributed by atoms with E-state index in [-0.39, 0.29) is 12.2 Å². The van der Waals surface area contributed by atoms with E-state index in [0.29, 0.717) is 40.4 Å². The molecular formula is C20H22N2O5S. The summed E-state index contributed by atoms with van der Waals surface area (Å²) in [5.41, 5.74) is 1.55. The molecule has 0 aliphatic rings. The van der Waals surface area contributed by atoms with Crippen LogP contribution >= 0.6 is 11.3 Å². The molecule has 148 valence electrons. The van der Waals surface area contributed by atoms with Crippen LogP contribution in [0.2, 0.25) is 0 Å². The predicted molar refractivity (Wildman–Crippen MR) is 107 cm³/mol. The van der Waals surface area contributed by atoms with Gasteiger partial charge in [0.15, 0.2) is 0 Å². The summed E-state index contributed by atoms with van der Waals surface area (Å²) >= 11 is 1.16. The van der Waals surface area contributed by atoms with E-state index in [1.807, 2.05) is 31.2 Å². The molecule has 3 aromatic rings. The topological polar surface area (TPSA) is 79.7 Å². The van der Waals surface area contributed by atoms with Crippen LogP contribution in [0.25, 0.3) is 10.2 Å². The van der Waals surface area contributed by atoms with Crippen molar-refractivity contribution in [1.82, 2.24) is 9.55 Å². The van der Waals surface area contributed by atoms with Crippen LogP contribution in [0.15, 0.2) is 35.4 Å². The third-order valence-corrected chi connectivity index (χ3v) is 5.43. The third-order valence-electron chi connectivity index (χ3n) is 4.25. The van der Waals surface area contributed by atoms with Crippen LogP contribution in [0.1, 0.15) is 20.8 Å². The van der Waals surface area contributed by atoms with Crippen molar-refractivity contribution in [3.8, 4) is 5.75 Å². The van der Waals surface area contributed by atoms with Crippen LogP contribution < -0.4 is 10.3 Å². The molecule has 0 fully saturated rings. The van der Waals surface area contributed by atoms with Gasteiger partial charge in [0, 0.05) is 7.11 Å². The zero-order valence-corrected chi connectivity index (χ0v) is 16.9. The molecule has 7 nitrogen and oxygen atoms in total. The van der Waals surface area contributed by atoms with Gasteiger partial charge in [0.1, 0.15) is 28.7 Å². The van der Waals surface area contributed by atoms with Crippen molar-refractivity contribution in [2.45, 2.75) is 20.4 Å². The zero-order chi connectivity index (χ0) is 20.1. The SMILES string of the molecule is COCCOC(=O)c1sc2ncn(CCOc3ccc(C)cc3)c(=O)c2c1C. The molecule has 0 aliphatic heterocycles. The zero-order valence-electron chi connectivity index (χ0n) is 16.1. The number of fused-ring (bicyclic) bond motifs is 1. The fourth-order valence-electron chi connectivity index (χ4n) is 2.69. The van der Waals surface area contributed by atoms with Crippen molar-refractivity contribution >= 4 is 27.5 Å². The monoisotopic (exact) mass is 402 g/mol. The Bertz CT molecular complexity index is 1020. The first-order valence-electron chi connectivity index (χ1n) is 8.85. The number of esters is 1. The summed E-state index contributed by atoms with van der Waals surface area (Å²) in [4.78, 5) is 30.3. The van der Waals surface area contributed by atoms with Gasteiger partial charge in [-0.15, -0.1) is 11.3 Å². The molecule has 0 aliphatic carbocycles. The average molecular weight is 402 g/mol. The number of hydrogen-bond acceptors (Lipinski definition) is 7. The maximum atomic E-state index is 12.8. The van der Waals surface area contributed by atoms with Gasteiger partial charge >= 0.3 is 5.97 Å². The lowest BCUT2D eigenvalue weighted by atomic mass is 10.2. The van der Waals surface area contributed by atoms with Gasteiger partial charge in [0.2, 0.25) is 0 Å². The number of nitrogens with zero attached hydrogens (tertiary/aromatic N) is 2. The Morgan fingerprint density at radius 2 is 1.89 bits per heavy atom. The third kappa shape index (κ3) is 4.40. The van der Waals surface area contributed by atoms with E-state index in [9.17, 15) is 9.59 Å². The van der Waals surface area contributed by atoms with Gasteiger partial charge in [-0.05, 0) is 31.5 Å². The largest absolute Gasteiger partial charge is 0.492 e. The van der Waals surface area contributed by atoms with Gasteiger partial charge in [-0.1, -0.05) is 17.7 Å². The van der Waals surface area contributed by atoms with Crippen molar-refractivity contribution < 1.29 is 19.0 Å². The first kappa shape index (κ1) is 20.0. The van der Waals surface area contributed by atoms with E-state index >= 15 is 0 Å². The van der Waals surface area contributed by atoms with Crippen LogP contribution in [0.5, 0.6) is 5.75 Å². The van der Waals surface area contributed by atoms with Gasteiger partial charge in [0.25, 0.3) is 5.56 Å². The lowest BCUT2D eigenvalue weighted by Gasteiger charge is -2.08. The number of methoxy groups -OCH3 is 1. The van der Waals surface area contributed by atoms with Gasteiger partial charge in [-0.3, -0.25) is 9.36 Å². The number of aryl methyl sites for hydroxylation is 2. The minimum absolute atomic E-state index is 0.164. The van der Waals surface area contributed by atoms with E-state index in [1.165, 1.54) is 18.0 Å². The molecule has 1 aromatic carbocycles. The van der Waals surface area contributed by atoms with Crippen LogP contribution in [-0.4, -0.2) is 42.5 Å². The summed E-state index contributed by atoms with van der Waals surface area (Å²) in [6, 6.07) is 7.72. The maximum absolute atomic E-state index is 12.8. The van der Waals surface area contributed by atoms with E-state index in [2.05, 4.69) is 4.98 Å². The first-order chi connectivity index (χ1) is 13.5. The molecule has 0 N–H and O–H groups in total. The first-order valence-corrected chi connectivity index (χ1v) is 9.67. The Balaban J connectivity index is 1.75. The lowest BCUT2D eigenvalue weighted by molar-refractivity contribution is 0.0393. The van der Waals surface area contributed by atoms with Crippen molar-refractivity contribution in [2.75, 3.05) is 26.9 Å². The smallest absolute Gasteiger partial charge is 0.348 e. The van der Waals surface area contributed by atoms with Crippen molar-refractivity contribution in [3.63, 3.8) is 0 Å². The van der Waals surface area contributed by atoms with Crippen molar-refractivity contribution in [1.29, 1.82) is 0 Å². The minimum atomic E-state index is -0.466. The van der Waals surface area contributed by atoms with Gasteiger partial charge in [-0.25, -0.2) is 9.78 Å². The molecule has 8 heteroatoms. The molecule has 0 radical (unpaired) electrons. The molecule has 28 heavy (non-hydrogen) atoms. The maximum Gasteiger partial charge on any atom is 0.348 e. The number of thiophene rings is 1. The highest BCUT2D eigenvalue weighted by molar-refractivity contribution is 7.20. The fourth-order valence-corrected chi connectivity index (χ4v) is 3.73. The van der Waals surface area contributed by atoms with Crippen LogP contribution in [0.4, 0.5) is 0 Å². The second-order valence-electron chi connectivity index (χ2n) is 6.27. The standard InChI is InChI=1S/C20H22N2O5S/c1-13-4-6-15(7-5-13)26-9-8-22-12-21-18-16(19(22)23)14(2)17(28-18)20(24)27-11-10-25-3/h4-7,12H,8-11H2,1-3H3. The Morgan fingerprint density at radius 1 is 1.14 bits per heavy atom. The quantitative estimate of drug-likeness (QED) is 0.426. The summed E-state index contributed by atoms with van der Waals surface area (Å²) in [6.45, 7) is 4.93. The fraction of sp³-hybridized carbons (Fsp3) is 0.350. The molecule has 0 amide bonds. The van der Waals surface area contributed by atoms with Crippen LogP contribution in [-0.2, 0) is 16.0 Å². The van der Waals surface area contributed by atoms with Crippen LogP contribution in [0.3, 0.4) is 0 Å². The van der Waals surface area contributed by atoms with Crippen molar-refractivity contribution in [2.24, 2.45) is 0 Å². The number of rotatable bonds is 8. The number of carbonyl (C=O) groups excluding carboxylic acids is 1. The summed E-state index contributed by atoms with van der Waals surface area (Å²) in [6.07, 6.45) is 1.49. The van der Waals surface area contributed by atoms with Crippen LogP contribution in [0, 0.1) is 13.8 Å². The molecule has 0 saturated carbocycles. The summed E-state index contributed by atoms with van der Waals surface area (Å²) in [5, 5.41) is 0.446. The van der Waals surface area contributed by atoms with E-state index in [4.69, 9.17) is 14.2 Å². The molecule has 0 bridgehead atoms. The number of carbonyl (C=O) groups is 1. The molecule has 0 saturated heterocycles. The van der Waals surface area contributed by atoms with E-state index in [0.717, 1.165) is 22.6 Å². The van der Waals surface area contributed by atoms with Gasteiger partial charge < -0.3 is 14.2 Å². The van der Waals surface area contributed by atoms with Crippen molar-refractivity contribution in [3.05, 3.63) is 57.0 Å². The molecule has 0 unspecified atom stereocenters.